The number of fused-ring (bicyclic) bond motifs is 1. The Kier molecular flexibility index (Phi) is 4.47. The summed E-state index contributed by atoms with van der Waals surface area (Å²) in [5.74, 6) is 0.869. The van der Waals surface area contributed by atoms with Gasteiger partial charge in [0.15, 0.2) is 5.78 Å². The first-order valence-electron chi connectivity index (χ1n) is 8.37. The molecule has 1 N–H and O–H groups in total. The first kappa shape index (κ1) is 16.8. The van der Waals surface area contributed by atoms with Gasteiger partial charge in [-0.2, -0.15) is 5.10 Å². The van der Waals surface area contributed by atoms with Crippen LogP contribution in [-0.4, -0.2) is 23.1 Å². The number of nitrogens with zero attached hydrogens (tertiary/aromatic N) is 1. The van der Waals surface area contributed by atoms with E-state index in [1.54, 1.807) is 13.3 Å². The number of hydrogen-bond acceptors (Lipinski definition) is 3. The zero-order valence-corrected chi connectivity index (χ0v) is 15.8. The fourth-order valence-electron chi connectivity index (χ4n) is 3.26. The number of nitrogens with one attached hydrogen (secondary N) is 1. The molecule has 26 heavy (non-hydrogen) atoms. The standard InChI is InChI=1S/C21H17BrN2O2/c1-26-18-8-9-19-14(11-18)2-3-15(21(19)25)10-16-12-23-24-20(16)13-4-6-17(22)7-5-13/h4-12H,2-3H2,1H3,(H,23,24)/b15-10-. The number of aromatic nitrogens is 2. The second-order valence-electron chi connectivity index (χ2n) is 6.23. The van der Waals surface area contributed by atoms with Crippen LogP contribution < -0.4 is 4.74 Å². The van der Waals surface area contributed by atoms with Crippen LogP contribution in [0.5, 0.6) is 5.75 Å². The topological polar surface area (TPSA) is 55.0 Å². The highest BCUT2D eigenvalue weighted by Crippen LogP contribution is 2.31. The van der Waals surface area contributed by atoms with Crippen molar-refractivity contribution in [3.05, 3.63) is 75.4 Å². The van der Waals surface area contributed by atoms with Gasteiger partial charge in [0, 0.05) is 26.7 Å². The largest absolute Gasteiger partial charge is 0.497 e. The zero-order valence-electron chi connectivity index (χ0n) is 14.3. The number of carbonyl (C=O) groups is 1. The van der Waals surface area contributed by atoms with Gasteiger partial charge < -0.3 is 4.74 Å². The summed E-state index contributed by atoms with van der Waals surface area (Å²) in [6.07, 6.45) is 5.26. The van der Waals surface area contributed by atoms with Crippen molar-refractivity contribution in [1.82, 2.24) is 10.2 Å². The minimum absolute atomic E-state index is 0.0804. The molecular formula is C21H17BrN2O2. The molecule has 1 aliphatic carbocycles. The summed E-state index contributed by atoms with van der Waals surface area (Å²) in [5, 5.41) is 7.21. The van der Waals surface area contributed by atoms with Crippen molar-refractivity contribution in [1.29, 1.82) is 0 Å². The maximum atomic E-state index is 12.9. The number of H-pyrrole nitrogens is 1. The molecule has 1 heterocycles. The van der Waals surface area contributed by atoms with E-state index in [4.69, 9.17) is 4.74 Å². The van der Waals surface area contributed by atoms with Gasteiger partial charge in [0.05, 0.1) is 19.0 Å². The van der Waals surface area contributed by atoms with E-state index < -0.39 is 0 Å². The second kappa shape index (κ2) is 6.92. The molecule has 3 aromatic rings. The van der Waals surface area contributed by atoms with E-state index in [0.29, 0.717) is 6.42 Å². The van der Waals surface area contributed by atoms with Gasteiger partial charge in [-0.1, -0.05) is 28.1 Å². The van der Waals surface area contributed by atoms with Crippen LogP contribution in [0.4, 0.5) is 0 Å². The van der Waals surface area contributed by atoms with Crippen LogP contribution in [0.2, 0.25) is 0 Å². The maximum Gasteiger partial charge on any atom is 0.189 e. The Labute approximate surface area is 160 Å². The molecule has 0 saturated carbocycles. The average Bonchev–Trinajstić information content (AvgIpc) is 3.12. The molecule has 1 aliphatic rings. The minimum atomic E-state index is 0.0804. The van der Waals surface area contributed by atoms with Crippen LogP contribution in [0, 0.1) is 0 Å². The molecule has 0 aliphatic heterocycles. The number of methoxy groups -OCH3 is 1. The number of halogens is 1. The van der Waals surface area contributed by atoms with E-state index in [2.05, 4.69) is 26.1 Å². The molecule has 2 aromatic carbocycles. The van der Waals surface area contributed by atoms with Crippen LogP contribution in [0.15, 0.2) is 58.7 Å². The lowest BCUT2D eigenvalue weighted by atomic mass is 9.86. The molecule has 130 valence electrons. The predicted molar refractivity (Wildman–Crippen MR) is 105 cm³/mol. The van der Waals surface area contributed by atoms with Crippen LogP contribution in [0.1, 0.15) is 27.9 Å². The van der Waals surface area contributed by atoms with Gasteiger partial charge in [-0.25, -0.2) is 0 Å². The molecule has 4 nitrogen and oxygen atoms in total. The van der Waals surface area contributed by atoms with E-state index in [1.807, 2.05) is 48.5 Å². The number of allylic oxidation sites excluding steroid dienone is 1. The highest BCUT2D eigenvalue weighted by molar-refractivity contribution is 9.10. The molecule has 0 unspecified atom stereocenters. The monoisotopic (exact) mass is 408 g/mol. The third-order valence-corrected chi connectivity index (χ3v) is 5.17. The Balaban J connectivity index is 1.69. The van der Waals surface area contributed by atoms with Crippen molar-refractivity contribution in [2.75, 3.05) is 7.11 Å². The molecule has 0 radical (unpaired) electrons. The number of rotatable bonds is 3. The Morgan fingerprint density at radius 3 is 2.73 bits per heavy atom. The Morgan fingerprint density at radius 1 is 1.15 bits per heavy atom. The normalized spacial score (nSPS) is 15.2. The number of ketones is 1. The van der Waals surface area contributed by atoms with Crippen LogP contribution in [-0.2, 0) is 6.42 Å². The van der Waals surface area contributed by atoms with Crippen molar-refractivity contribution in [3.8, 4) is 17.0 Å². The lowest BCUT2D eigenvalue weighted by Crippen LogP contribution is -2.14. The van der Waals surface area contributed by atoms with Crippen LogP contribution in [0.25, 0.3) is 17.3 Å². The fraction of sp³-hybridized carbons (Fsp3) is 0.143. The van der Waals surface area contributed by atoms with E-state index in [-0.39, 0.29) is 5.78 Å². The van der Waals surface area contributed by atoms with Crippen molar-refractivity contribution in [3.63, 3.8) is 0 Å². The smallest absolute Gasteiger partial charge is 0.189 e. The Bertz CT molecular complexity index is 1000. The number of Topliss-reactive ketones (excluding diaryl/α,β-unsaturated/α-hetero) is 1. The molecule has 0 saturated heterocycles. The number of benzene rings is 2. The molecule has 0 bridgehead atoms. The molecule has 0 atom stereocenters. The van der Waals surface area contributed by atoms with Gasteiger partial charge in [0.2, 0.25) is 0 Å². The summed E-state index contributed by atoms with van der Waals surface area (Å²) >= 11 is 3.45. The first-order chi connectivity index (χ1) is 12.7. The second-order valence-corrected chi connectivity index (χ2v) is 7.14. The Hall–Kier alpha value is -2.66. The fourth-order valence-corrected chi connectivity index (χ4v) is 3.52. The SMILES string of the molecule is COc1ccc2c(c1)CC/C(=C/c1cn[nH]c1-c1ccc(Br)cc1)C2=O. The number of aryl methyl sites for hydroxylation is 1. The zero-order chi connectivity index (χ0) is 18.1. The highest BCUT2D eigenvalue weighted by Gasteiger charge is 2.23. The molecule has 4 rings (SSSR count). The predicted octanol–water partition coefficient (Wildman–Crippen LogP) is 5.06. The minimum Gasteiger partial charge on any atom is -0.497 e. The molecule has 1 aromatic heterocycles. The lowest BCUT2D eigenvalue weighted by molar-refractivity contribution is 0.102. The third kappa shape index (κ3) is 3.10. The summed E-state index contributed by atoms with van der Waals surface area (Å²) < 4.78 is 6.28. The van der Waals surface area contributed by atoms with E-state index >= 15 is 0 Å². The molecule has 5 heteroatoms. The van der Waals surface area contributed by atoms with Crippen molar-refractivity contribution >= 4 is 27.8 Å². The molecule has 0 spiro atoms. The van der Waals surface area contributed by atoms with Gasteiger partial charge >= 0.3 is 0 Å². The third-order valence-electron chi connectivity index (χ3n) is 4.64. The number of aromatic amines is 1. The molecule has 0 amide bonds. The van der Waals surface area contributed by atoms with Gasteiger partial charge in [0.25, 0.3) is 0 Å². The van der Waals surface area contributed by atoms with Gasteiger partial charge in [-0.15, -0.1) is 0 Å². The summed E-state index contributed by atoms with van der Waals surface area (Å²) in [4.78, 5) is 12.9. The van der Waals surface area contributed by atoms with E-state index in [9.17, 15) is 4.79 Å². The summed E-state index contributed by atoms with van der Waals surface area (Å²) in [6.45, 7) is 0. The highest BCUT2D eigenvalue weighted by atomic mass is 79.9. The quantitative estimate of drug-likeness (QED) is 0.616. The van der Waals surface area contributed by atoms with Crippen molar-refractivity contribution < 1.29 is 9.53 Å². The average molecular weight is 409 g/mol. The number of ether oxygens (including phenoxy) is 1. The van der Waals surface area contributed by atoms with Crippen LogP contribution >= 0.6 is 15.9 Å². The van der Waals surface area contributed by atoms with Gasteiger partial charge in [-0.3, -0.25) is 9.89 Å². The first-order valence-corrected chi connectivity index (χ1v) is 9.16. The van der Waals surface area contributed by atoms with Crippen LogP contribution in [0.3, 0.4) is 0 Å². The van der Waals surface area contributed by atoms with Gasteiger partial charge in [0.1, 0.15) is 5.75 Å². The molecule has 0 fully saturated rings. The van der Waals surface area contributed by atoms with E-state index in [0.717, 1.165) is 50.2 Å². The van der Waals surface area contributed by atoms with Crippen molar-refractivity contribution in [2.24, 2.45) is 0 Å². The summed E-state index contributed by atoms with van der Waals surface area (Å²) in [7, 11) is 1.64. The van der Waals surface area contributed by atoms with Gasteiger partial charge in [-0.05, 0) is 54.8 Å². The van der Waals surface area contributed by atoms with E-state index in [1.165, 1.54) is 0 Å². The molecular weight excluding hydrogens is 392 g/mol. The number of hydrogen-bond donors (Lipinski definition) is 1. The van der Waals surface area contributed by atoms with Crippen molar-refractivity contribution in [2.45, 2.75) is 12.8 Å². The maximum absolute atomic E-state index is 12.9. The summed E-state index contributed by atoms with van der Waals surface area (Å²) in [6, 6.07) is 13.7. The Morgan fingerprint density at radius 2 is 1.96 bits per heavy atom. The lowest BCUT2D eigenvalue weighted by Gasteiger charge is -2.18. The number of carbonyl (C=O) groups excluding carboxylic acids is 1. The summed E-state index contributed by atoms with van der Waals surface area (Å²) in [5.41, 5.74) is 5.49.